The quantitative estimate of drug-likeness (QED) is 0.944. The Kier molecular flexibility index (Phi) is 4.24. The van der Waals surface area contributed by atoms with Crippen molar-refractivity contribution in [1.29, 1.82) is 0 Å². The second-order valence-electron chi connectivity index (χ2n) is 5.34. The highest BCUT2D eigenvalue weighted by Gasteiger charge is 2.32. The molecule has 6 heteroatoms. The van der Waals surface area contributed by atoms with Gasteiger partial charge in [0.1, 0.15) is 0 Å². The van der Waals surface area contributed by atoms with Gasteiger partial charge in [0.25, 0.3) is 0 Å². The van der Waals surface area contributed by atoms with Crippen molar-refractivity contribution in [2.24, 2.45) is 0 Å². The average molecular weight is 305 g/mol. The van der Waals surface area contributed by atoms with Crippen LogP contribution in [0.3, 0.4) is 0 Å². The van der Waals surface area contributed by atoms with Crippen molar-refractivity contribution in [1.82, 2.24) is 15.4 Å². The number of nitrogens with one attached hydrogen (secondary N) is 1. The Morgan fingerprint density at radius 2 is 2.52 bits per heavy atom. The van der Waals surface area contributed by atoms with Crippen LogP contribution in [-0.4, -0.2) is 29.2 Å². The number of aryl methyl sites for hydroxylation is 1. The third-order valence-electron chi connectivity index (χ3n) is 3.76. The summed E-state index contributed by atoms with van der Waals surface area (Å²) in [5, 5.41) is 11.1. The lowest BCUT2D eigenvalue weighted by Gasteiger charge is -2.23. The van der Waals surface area contributed by atoms with E-state index in [-0.39, 0.29) is 12.1 Å². The van der Waals surface area contributed by atoms with E-state index >= 15 is 0 Å². The van der Waals surface area contributed by atoms with Gasteiger partial charge in [0.15, 0.2) is 5.76 Å². The first-order valence-corrected chi connectivity index (χ1v) is 8.17. The van der Waals surface area contributed by atoms with E-state index in [2.05, 4.69) is 27.3 Å². The molecule has 3 rings (SSSR count). The van der Waals surface area contributed by atoms with E-state index in [1.54, 1.807) is 11.3 Å². The van der Waals surface area contributed by atoms with Crippen molar-refractivity contribution >= 4 is 17.4 Å². The van der Waals surface area contributed by atoms with Crippen molar-refractivity contribution in [3.8, 4) is 0 Å². The zero-order chi connectivity index (χ0) is 14.7. The molecule has 1 aliphatic heterocycles. The fourth-order valence-electron chi connectivity index (χ4n) is 2.70. The van der Waals surface area contributed by atoms with Crippen molar-refractivity contribution in [2.75, 3.05) is 13.1 Å². The largest absolute Gasteiger partial charge is 0.359 e. The van der Waals surface area contributed by atoms with Gasteiger partial charge in [-0.05, 0) is 48.6 Å². The summed E-state index contributed by atoms with van der Waals surface area (Å²) in [6, 6.07) is 4.02. The Bertz CT molecular complexity index is 594. The molecule has 0 saturated carbocycles. The standard InChI is InChI=1S/C15H19N3O2S/c1-11-9-14(20-17-11)13-3-2-7-18(13)15(19)16-6-4-12-5-8-21-10-12/h5,8-10,13H,2-4,6-7H2,1H3,(H,16,19)/t13-/m1/s1. The first-order valence-electron chi connectivity index (χ1n) is 7.23. The van der Waals surface area contributed by atoms with Crippen LogP contribution in [0.5, 0.6) is 0 Å². The Hall–Kier alpha value is -1.82. The lowest BCUT2D eigenvalue weighted by Crippen LogP contribution is -2.40. The molecule has 112 valence electrons. The maximum absolute atomic E-state index is 12.3. The molecule has 1 N–H and O–H groups in total. The van der Waals surface area contributed by atoms with E-state index in [4.69, 9.17) is 4.52 Å². The zero-order valence-electron chi connectivity index (χ0n) is 12.0. The Balaban J connectivity index is 1.55. The molecule has 1 aliphatic rings. The highest BCUT2D eigenvalue weighted by molar-refractivity contribution is 7.07. The number of amides is 2. The highest BCUT2D eigenvalue weighted by atomic mass is 32.1. The lowest BCUT2D eigenvalue weighted by atomic mass is 10.1. The van der Waals surface area contributed by atoms with Crippen LogP contribution in [0.1, 0.15) is 35.9 Å². The number of hydrogen-bond acceptors (Lipinski definition) is 4. The minimum atomic E-state index is -0.0122. The Morgan fingerprint density at radius 3 is 3.24 bits per heavy atom. The van der Waals surface area contributed by atoms with Gasteiger partial charge in [0.05, 0.1) is 11.7 Å². The number of aromatic nitrogens is 1. The van der Waals surface area contributed by atoms with Crippen LogP contribution in [0.2, 0.25) is 0 Å². The van der Waals surface area contributed by atoms with Gasteiger partial charge in [0.2, 0.25) is 0 Å². The summed E-state index contributed by atoms with van der Waals surface area (Å²) < 4.78 is 5.32. The van der Waals surface area contributed by atoms with Crippen molar-refractivity contribution in [3.63, 3.8) is 0 Å². The lowest BCUT2D eigenvalue weighted by molar-refractivity contribution is 0.182. The number of urea groups is 1. The number of likely N-dealkylation sites (tertiary alicyclic amines) is 1. The van der Waals surface area contributed by atoms with Crippen molar-refractivity contribution < 1.29 is 9.32 Å². The van der Waals surface area contributed by atoms with Gasteiger partial charge in [-0.1, -0.05) is 5.16 Å². The predicted octanol–water partition coefficient (Wildman–Crippen LogP) is 3.13. The maximum Gasteiger partial charge on any atom is 0.318 e. The maximum atomic E-state index is 12.3. The van der Waals surface area contributed by atoms with Crippen LogP contribution >= 0.6 is 11.3 Å². The Morgan fingerprint density at radius 1 is 1.62 bits per heavy atom. The SMILES string of the molecule is Cc1cc([C@H]2CCCN2C(=O)NCCc2ccsc2)on1. The van der Waals surface area contributed by atoms with Gasteiger partial charge >= 0.3 is 6.03 Å². The first-order chi connectivity index (χ1) is 10.2. The number of carbonyl (C=O) groups is 1. The smallest absolute Gasteiger partial charge is 0.318 e. The van der Waals surface area contributed by atoms with Gasteiger partial charge in [-0.2, -0.15) is 11.3 Å². The minimum absolute atomic E-state index is 0.0122. The fourth-order valence-corrected chi connectivity index (χ4v) is 3.40. The third-order valence-corrected chi connectivity index (χ3v) is 4.49. The summed E-state index contributed by atoms with van der Waals surface area (Å²) >= 11 is 1.68. The molecule has 2 aromatic rings. The number of carbonyl (C=O) groups excluding carboxylic acids is 1. The topological polar surface area (TPSA) is 58.4 Å². The molecule has 0 unspecified atom stereocenters. The molecular formula is C15H19N3O2S. The van der Waals surface area contributed by atoms with E-state index in [0.717, 1.165) is 37.3 Å². The summed E-state index contributed by atoms with van der Waals surface area (Å²) in [5.41, 5.74) is 2.12. The van der Waals surface area contributed by atoms with Crippen LogP contribution in [-0.2, 0) is 6.42 Å². The second kappa shape index (κ2) is 6.30. The van der Waals surface area contributed by atoms with Gasteiger partial charge in [0, 0.05) is 19.2 Å². The molecule has 21 heavy (non-hydrogen) atoms. The summed E-state index contributed by atoms with van der Waals surface area (Å²) in [5.74, 6) is 0.790. The average Bonchev–Trinajstić information content (AvgIpc) is 3.18. The molecule has 0 bridgehead atoms. The Labute approximate surface area is 127 Å². The van der Waals surface area contributed by atoms with Crippen LogP contribution in [0.15, 0.2) is 27.4 Å². The molecule has 0 aromatic carbocycles. The van der Waals surface area contributed by atoms with E-state index in [0.29, 0.717) is 6.54 Å². The number of thiophene rings is 1. The van der Waals surface area contributed by atoms with Crippen molar-refractivity contribution in [3.05, 3.63) is 39.9 Å². The normalized spacial score (nSPS) is 18.1. The third kappa shape index (κ3) is 3.26. The summed E-state index contributed by atoms with van der Waals surface area (Å²) in [4.78, 5) is 14.2. The van der Waals surface area contributed by atoms with Gasteiger partial charge in [-0.3, -0.25) is 0 Å². The minimum Gasteiger partial charge on any atom is -0.359 e. The highest BCUT2D eigenvalue weighted by Crippen LogP contribution is 2.32. The van der Waals surface area contributed by atoms with Crippen LogP contribution in [0, 0.1) is 6.92 Å². The molecule has 1 atom stereocenters. The summed E-state index contributed by atoms with van der Waals surface area (Å²) in [6.45, 7) is 3.33. The number of hydrogen-bond donors (Lipinski definition) is 1. The zero-order valence-corrected chi connectivity index (χ0v) is 12.9. The molecule has 0 radical (unpaired) electrons. The van der Waals surface area contributed by atoms with Crippen molar-refractivity contribution in [2.45, 2.75) is 32.2 Å². The van der Waals surface area contributed by atoms with Gasteiger partial charge in [-0.15, -0.1) is 0 Å². The molecule has 3 heterocycles. The first kappa shape index (κ1) is 14.1. The molecule has 1 saturated heterocycles. The van der Waals surface area contributed by atoms with Crippen LogP contribution < -0.4 is 5.32 Å². The predicted molar refractivity (Wildman–Crippen MR) is 81.3 cm³/mol. The summed E-state index contributed by atoms with van der Waals surface area (Å²) in [7, 11) is 0. The number of rotatable bonds is 4. The molecule has 5 nitrogen and oxygen atoms in total. The molecule has 2 aromatic heterocycles. The monoisotopic (exact) mass is 305 g/mol. The van der Waals surface area contributed by atoms with Crippen LogP contribution in [0.25, 0.3) is 0 Å². The van der Waals surface area contributed by atoms with E-state index in [9.17, 15) is 4.79 Å². The van der Waals surface area contributed by atoms with Crippen LogP contribution in [0.4, 0.5) is 4.79 Å². The summed E-state index contributed by atoms with van der Waals surface area (Å²) in [6.07, 6.45) is 2.81. The fraction of sp³-hybridized carbons (Fsp3) is 0.467. The van der Waals surface area contributed by atoms with E-state index in [1.807, 2.05) is 17.9 Å². The molecule has 2 amide bonds. The molecular weight excluding hydrogens is 286 g/mol. The van der Waals surface area contributed by atoms with E-state index < -0.39 is 0 Å². The van der Waals surface area contributed by atoms with E-state index in [1.165, 1.54) is 5.56 Å². The number of nitrogens with zero attached hydrogens (tertiary/aromatic N) is 2. The van der Waals surface area contributed by atoms with Gasteiger partial charge < -0.3 is 14.7 Å². The van der Waals surface area contributed by atoms with Gasteiger partial charge in [-0.25, -0.2) is 4.79 Å². The second-order valence-corrected chi connectivity index (χ2v) is 6.12. The molecule has 1 fully saturated rings. The molecule has 0 spiro atoms. The molecule has 0 aliphatic carbocycles.